The second kappa shape index (κ2) is 5.02. The first-order valence-corrected chi connectivity index (χ1v) is 4.81. The molecule has 1 aromatic heterocycles. The van der Waals surface area contributed by atoms with Crippen LogP contribution in [0.15, 0.2) is 12.5 Å². The van der Waals surface area contributed by atoms with Crippen LogP contribution in [0.4, 0.5) is 0 Å². The van der Waals surface area contributed by atoms with Crippen molar-refractivity contribution in [1.29, 1.82) is 0 Å². The van der Waals surface area contributed by atoms with Gasteiger partial charge in [-0.1, -0.05) is 0 Å². The standard InChI is InChI=1S/C5H8N2.C5H11N/c1-5-3-7(2)4-6-5;1-6-4-2-3-5-6/h3-4H,1-2H3;2-5H2,1H3. The maximum absolute atomic E-state index is 3.98. The number of imidazole rings is 1. The SMILES string of the molecule is CN1CCCC1.Cc1cn(C)cn1. The third-order valence-corrected chi connectivity index (χ3v) is 2.16. The molecule has 0 amide bonds. The predicted molar refractivity (Wildman–Crippen MR) is 54.7 cm³/mol. The van der Waals surface area contributed by atoms with E-state index < -0.39 is 0 Å². The number of likely N-dealkylation sites (tertiary alicyclic amines) is 1. The highest BCUT2D eigenvalue weighted by Crippen LogP contribution is 2.02. The average Bonchev–Trinajstić information content (AvgIpc) is 2.64. The molecular weight excluding hydrogens is 162 g/mol. The summed E-state index contributed by atoms with van der Waals surface area (Å²) in [6.45, 7) is 4.61. The lowest BCUT2D eigenvalue weighted by atomic mass is 10.4. The summed E-state index contributed by atoms with van der Waals surface area (Å²) in [5.74, 6) is 0. The van der Waals surface area contributed by atoms with Crippen molar-refractivity contribution >= 4 is 0 Å². The summed E-state index contributed by atoms with van der Waals surface area (Å²) < 4.78 is 1.93. The summed E-state index contributed by atoms with van der Waals surface area (Å²) in [4.78, 5) is 6.34. The summed E-state index contributed by atoms with van der Waals surface area (Å²) in [6, 6.07) is 0. The Bertz CT molecular complexity index is 220. The minimum atomic E-state index is 1.07. The van der Waals surface area contributed by atoms with Gasteiger partial charge in [0.05, 0.1) is 12.0 Å². The molecule has 74 valence electrons. The molecule has 2 heterocycles. The number of rotatable bonds is 0. The molecular formula is C10H19N3. The van der Waals surface area contributed by atoms with Gasteiger partial charge in [-0.25, -0.2) is 4.98 Å². The minimum absolute atomic E-state index is 1.07. The van der Waals surface area contributed by atoms with Gasteiger partial charge in [-0.3, -0.25) is 0 Å². The van der Waals surface area contributed by atoms with Crippen molar-refractivity contribution in [3.8, 4) is 0 Å². The van der Waals surface area contributed by atoms with Crippen molar-refractivity contribution in [2.24, 2.45) is 7.05 Å². The van der Waals surface area contributed by atoms with E-state index in [1.165, 1.54) is 25.9 Å². The Kier molecular flexibility index (Phi) is 3.96. The average molecular weight is 181 g/mol. The van der Waals surface area contributed by atoms with E-state index in [1.807, 2.05) is 24.7 Å². The highest BCUT2D eigenvalue weighted by Gasteiger charge is 2.03. The topological polar surface area (TPSA) is 21.1 Å². The van der Waals surface area contributed by atoms with E-state index >= 15 is 0 Å². The molecule has 0 saturated carbocycles. The van der Waals surface area contributed by atoms with Crippen LogP contribution in [0.2, 0.25) is 0 Å². The monoisotopic (exact) mass is 181 g/mol. The molecule has 0 aromatic carbocycles. The number of hydrogen-bond acceptors (Lipinski definition) is 2. The molecule has 0 spiro atoms. The van der Waals surface area contributed by atoms with Gasteiger partial charge in [0.15, 0.2) is 0 Å². The van der Waals surface area contributed by atoms with Gasteiger partial charge in [0.1, 0.15) is 0 Å². The first kappa shape index (κ1) is 10.3. The fourth-order valence-corrected chi connectivity index (χ4v) is 1.42. The van der Waals surface area contributed by atoms with E-state index in [0.717, 1.165) is 5.69 Å². The maximum atomic E-state index is 3.98. The normalized spacial score (nSPS) is 16.8. The van der Waals surface area contributed by atoms with Crippen molar-refractivity contribution in [1.82, 2.24) is 14.5 Å². The molecule has 1 aliphatic rings. The van der Waals surface area contributed by atoms with E-state index in [4.69, 9.17) is 0 Å². The summed E-state index contributed by atoms with van der Waals surface area (Å²) in [6.07, 6.45) is 6.59. The van der Waals surface area contributed by atoms with E-state index in [0.29, 0.717) is 0 Å². The van der Waals surface area contributed by atoms with Crippen molar-refractivity contribution in [3.63, 3.8) is 0 Å². The summed E-state index contributed by atoms with van der Waals surface area (Å²) in [5.41, 5.74) is 1.07. The van der Waals surface area contributed by atoms with E-state index in [1.54, 1.807) is 6.33 Å². The van der Waals surface area contributed by atoms with Crippen molar-refractivity contribution in [3.05, 3.63) is 18.2 Å². The molecule has 13 heavy (non-hydrogen) atoms. The fourth-order valence-electron chi connectivity index (χ4n) is 1.42. The lowest BCUT2D eigenvalue weighted by Gasteiger charge is -2.01. The Morgan fingerprint density at radius 1 is 1.23 bits per heavy atom. The molecule has 1 fully saturated rings. The van der Waals surface area contributed by atoms with Crippen LogP contribution >= 0.6 is 0 Å². The van der Waals surface area contributed by atoms with Crippen LogP contribution in [0, 0.1) is 6.92 Å². The van der Waals surface area contributed by atoms with E-state index in [-0.39, 0.29) is 0 Å². The molecule has 3 nitrogen and oxygen atoms in total. The summed E-state index contributed by atoms with van der Waals surface area (Å²) >= 11 is 0. The first-order valence-electron chi connectivity index (χ1n) is 4.81. The van der Waals surface area contributed by atoms with Crippen molar-refractivity contribution < 1.29 is 0 Å². The zero-order valence-corrected chi connectivity index (χ0v) is 8.82. The third kappa shape index (κ3) is 4.08. The van der Waals surface area contributed by atoms with Gasteiger partial charge in [0, 0.05) is 13.2 Å². The Morgan fingerprint density at radius 3 is 2.00 bits per heavy atom. The van der Waals surface area contributed by atoms with Crippen LogP contribution in [0.5, 0.6) is 0 Å². The van der Waals surface area contributed by atoms with Gasteiger partial charge in [0.2, 0.25) is 0 Å². The maximum Gasteiger partial charge on any atom is 0.0946 e. The number of hydrogen-bond donors (Lipinski definition) is 0. The zero-order chi connectivity index (χ0) is 9.68. The molecule has 0 bridgehead atoms. The third-order valence-electron chi connectivity index (χ3n) is 2.16. The molecule has 0 atom stereocenters. The van der Waals surface area contributed by atoms with Gasteiger partial charge in [0.25, 0.3) is 0 Å². The van der Waals surface area contributed by atoms with Gasteiger partial charge < -0.3 is 9.47 Å². The van der Waals surface area contributed by atoms with Crippen LogP contribution < -0.4 is 0 Å². The highest BCUT2D eigenvalue weighted by atomic mass is 15.1. The van der Waals surface area contributed by atoms with Gasteiger partial charge in [-0.15, -0.1) is 0 Å². The van der Waals surface area contributed by atoms with Gasteiger partial charge in [-0.05, 0) is 39.9 Å². The molecule has 3 heteroatoms. The fraction of sp³-hybridized carbons (Fsp3) is 0.700. The Hall–Kier alpha value is -0.830. The molecule has 1 aromatic rings. The molecule has 0 N–H and O–H groups in total. The minimum Gasteiger partial charge on any atom is -0.340 e. The molecule has 2 rings (SSSR count). The molecule has 0 radical (unpaired) electrons. The molecule has 1 aliphatic heterocycles. The predicted octanol–water partition coefficient (Wildman–Crippen LogP) is 1.44. The highest BCUT2D eigenvalue weighted by molar-refractivity contribution is 4.90. The molecule has 0 aliphatic carbocycles. The van der Waals surface area contributed by atoms with Crippen LogP contribution in [-0.4, -0.2) is 34.6 Å². The Balaban J connectivity index is 0.000000132. The summed E-state index contributed by atoms with van der Waals surface area (Å²) in [7, 11) is 4.13. The van der Waals surface area contributed by atoms with Gasteiger partial charge >= 0.3 is 0 Å². The lowest BCUT2D eigenvalue weighted by molar-refractivity contribution is 0.418. The first-order chi connectivity index (χ1) is 6.18. The summed E-state index contributed by atoms with van der Waals surface area (Å²) in [5, 5.41) is 0. The molecule has 1 saturated heterocycles. The van der Waals surface area contributed by atoms with Crippen LogP contribution in [0.25, 0.3) is 0 Å². The van der Waals surface area contributed by atoms with Crippen LogP contribution in [0.3, 0.4) is 0 Å². The largest absolute Gasteiger partial charge is 0.340 e. The van der Waals surface area contributed by atoms with Crippen molar-refractivity contribution in [2.75, 3.05) is 20.1 Å². The van der Waals surface area contributed by atoms with Gasteiger partial charge in [-0.2, -0.15) is 0 Å². The second-order valence-electron chi connectivity index (χ2n) is 3.69. The van der Waals surface area contributed by atoms with Crippen LogP contribution in [0.1, 0.15) is 18.5 Å². The lowest BCUT2D eigenvalue weighted by Crippen LogP contribution is -2.10. The number of aromatic nitrogens is 2. The van der Waals surface area contributed by atoms with E-state index in [2.05, 4.69) is 16.9 Å². The van der Waals surface area contributed by atoms with E-state index in [9.17, 15) is 0 Å². The number of nitrogens with zero attached hydrogens (tertiary/aromatic N) is 3. The number of aryl methyl sites for hydroxylation is 2. The quantitative estimate of drug-likeness (QED) is 0.604. The smallest absolute Gasteiger partial charge is 0.0946 e. The Morgan fingerprint density at radius 2 is 1.85 bits per heavy atom. The Labute approximate surface area is 80.4 Å². The van der Waals surface area contributed by atoms with Crippen molar-refractivity contribution in [2.45, 2.75) is 19.8 Å². The second-order valence-corrected chi connectivity index (χ2v) is 3.69. The zero-order valence-electron chi connectivity index (χ0n) is 8.82. The molecule has 0 unspecified atom stereocenters. The van der Waals surface area contributed by atoms with Crippen LogP contribution in [-0.2, 0) is 7.05 Å².